The van der Waals surface area contributed by atoms with Gasteiger partial charge in [-0.15, -0.1) is 0 Å². The number of hydrogen-bond acceptors (Lipinski definition) is 3. The Kier molecular flexibility index (Phi) is 4.91. The molecule has 0 radical (unpaired) electrons. The van der Waals surface area contributed by atoms with E-state index in [1.54, 1.807) is 0 Å². The minimum atomic E-state index is -3.40. The van der Waals surface area contributed by atoms with E-state index in [4.69, 9.17) is 17.3 Å². The van der Waals surface area contributed by atoms with E-state index in [1.807, 2.05) is 6.92 Å². The van der Waals surface area contributed by atoms with Gasteiger partial charge in [0.25, 0.3) is 0 Å². The van der Waals surface area contributed by atoms with Gasteiger partial charge in [0.2, 0.25) is 0 Å². The van der Waals surface area contributed by atoms with Crippen molar-refractivity contribution in [1.82, 2.24) is 0 Å². The topological polar surface area (TPSA) is 60.2 Å². The van der Waals surface area contributed by atoms with Crippen LogP contribution in [0.25, 0.3) is 0 Å². The van der Waals surface area contributed by atoms with Crippen molar-refractivity contribution in [1.29, 1.82) is 0 Å². The maximum atomic E-state index is 12.9. The summed E-state index contributed by atoms with van der Waals surface area (Å²) in [6.45, 7) is 1.82. The van der Waals surface area contributed by atoms with Crippen molar-refractivity contribution < 1.29 is 12.8 Å². The first-order valence-corrected chi connectivity index (χ1v) is 7.29. The number of sulfone groups is 1. The summed E-state index contributed by atoms with van der Waals surface area (Å²) in [5, 5.41) is -0.182. The SMILES string of the molecule is CC(N)CCCS(=O)(=O)c1ccc(F)c(Cl)c1. The smallest absolute Gasteiger partial charge is 0.178 e. The van der Waals surface area contributed by atoms with Crippen molar-refractivity contribution in [3.63, 3.8) is 0 Å². The molecule has 0 aliphatic heterocycles. The molecule has 1 atom stereocenters. The number of rotatable bonds is 5. The molecule has 17 heavy (non-hydrogen) atoms. The molecule has 96 valence electrons. The molecule has 3 nitrogen and oxygen atoms in total. The van der Waals surface area contributed by atoms with E-state index in [0.29, 0.717) is 12.8 Å². The largest absolute Gasteiger partial charge is 0.328 e. The van der Waals surface area contributed by atoms with Crippen molar-refractivity contribution in [2.75, 3.05) is 5.75 Å². The summed E-state index contributed by atoms with van der Waals surface area (Å²) in [7, 11) is -3.40. The fourth-order valence-corrected chi connectivity index (χ4v) is 2.98. The zero-order valence-corrected chi connectivity index (χ0v) is 11.1. The van der Waals surface area contributed by atoms with Gasteiger partial charge in [-0.2, -0.15) is 0 Å². The van der Waals surface area contributed by atoms with Crippen LogP contribution in [0.4, 0.5) is 4.39 Å². The molecule has 0 saturated heterocycles. The van der Waals surface area contributed by atoms with Gasteiger partial charge in [-0.3, -0.25) is 0 Å². The molecule has 0 amide bonds. The van der Waals surface area contributed by atoms with Crippen LogP contribution >= 0.6 is 11.6 Å². The monoisotopic (exact) mass is 279 g/mol. The van der Waals surface area contributed by atoms with Crippen LogP contribution in [0.15, 0.2) is 23.1 Å². The van der Waals surface area contributed by atoms with Crippen LogP contribution in [0, 0.1) is 5.82 Å². The number of hydrogen-bond donors (Lipinski definition) is 1. The molecule has 1 rings (SSSR count). The van der Waals surface area contributed by atoms with Gasteiger partial charge in [-0.05, 0) is 38.0 Å². The van der Waals surface area contributed by atoms with Gasteiger partial charge in [0, 0.05) is 6.04 Å². The summed E-state index contributed by atoms with van der Waals surface area (Å²) >= 11 is 5.54. The number of benzene rings is 1. The molecular weight excluding hydrogens is 265 g/mol. The predicted octanol–water partition coefficient (Wildman–Crippen LogP) is 2.38. The standard InChI is InChI=1S/C11H15ClFNO2S/c1-8(14)3-2-6-17(15,16)9-4-5-11(13)10(12)7-9/h4-5,7-8H,2-3,6,14H2,1H3. The average molecular weight is 280 g/mol. The first-order chi connectivity index (χ1) is 7.83. The fourth-order valence-electron chi connectivity index (χ4n) is 1.38. The third-order valence-electron chi connectivity index (χ3n) is 2.32. The van der Waals surface area contributed by atoms with Crippen LogP contribution in [0.3, 0.4) is 0 Å². The third-order valence-corrected chi connectivity index (χ3v) is 4.41. The third kappa shape index (κ3) is 4.26. The van der Waals surface area contributed by atoms with E-state index in [1.165, 1.54) is 6.07 Å². The van der Waals surface area contributed by atoms with E-state index in [0.717, 1.165) is 12.1 Å². The zero-order valence-electron chi connectivity index (χ0n) is 9.49. The second-order valence-corrected chi connectivity index (χ2v) is 6.53. The molecular formula is C11H15ClFNO2S. The molecule has 1 unspecified atom stereocenters. The quantitative estimate of drug-likeness (QED) is 0.842. The highest BCUT2D eigenvalue weighted by Gasteiger charge is 2.16. The van der Waals surface area contributed by atoms with Gasteiger partial charge >= 0.3 is 0 Å². The first-order valence-electron chi connectivity index (χ1n) is 5.26. The molecule has 1 aromatic rings. The van der Waals surface area contributed by atoms with E-state index < -0.39 is 15.7 Å². The Hall–Kier alpha value is -0.650. The zero-order chi connectivity index (χ0) is 13.1. The first kappa shape index (κ1) is 14.4. The van der Waals surface area contributed by atoms with Crippen molar-refractivity contribution in [3.05, 3.63) is 29.0 Å². The molecule has 0 saturated carbocycles. The summed E-state index contributed by atoms with van der Waals surface area (Å²) in [5.74, 6) is -0.627. The molecule has 0 fully saturated rings. The van der Waals surface area contributed by atoms with Crippen LogP contribution in [-0.4, -0.2) is 20.2 Å². The van der Waals surface area contributed by atoms with E-state index in [2.05, 4.69) is 0 Å². The van der Waals surface area contributed by atoms with Gasteiger partial charge in [-0.25, -0.2) is 12.8 Å². The van der Waals surface area contributed by atoms with Crippen molar-refractivity contribution in [2.45, 2.75) is 30.7 Å². The highest BCUT2D eigenvalue weighted by Crippen LogP contribution is 2.21. The van der Waals surface area contributed by atoms with Crippen LogP contribution < -0.4 is 5.73 Å². The molecule has 0 aliphatic carbocycles. The van der Waals surface area contributed by atoms with Crippen LogP contribution in [-0.2, 0) is 9.84 Å². The molecule has 1 aromatic carbocycles. The van der Waals surface area contributed by atoms with Crippen molar-refractivity contribution >= 4 is 21.4 Å². The number of nitrogens with two attached hydrogens (primary N) is 1. The Labute approximate surface area is 106 Å². The Morgan fingerprint density at radius 1 is 1.47 bits per heavy atom. The van der Waals surface area contributed by atoms with Crippen LogP contribution in [0.1, 0.15) is 19.8 Å². The van der Waals surface area contributed by atoms with Gasteiger partial charge in [0.05, 0.1) is 15.7 Å². The lowest BCUT2D eigenvalue weighted by Crippen LogP contribution is -2.16. The highest BCUT2D eigenvalue weighted by atomic mass is 35.5. The highest BCUT2D eigenvalue weighted by molar-refractivity contribution is 7.91. The lowest BCUT2D eigenvalue weighted by atomic mass is 10.2. The normalized spacial score (nSPS) is 13.6. The summed E-state index contributed by atoms with van der Waals surface area (Å²) in [5.41, 5.74) is 5.54. The van der Waals surface area contributed by atoms with Gasteiger partial charge in [-0.1, -0.05) is 11.6 Å². The predicted molar refractivity (Wildman–Crippen MR) is 66.3 cm³/mol. The second kappa shape index (κ2) is 5.80. The molecule has 0 aliphatic rings. The fraction of sp³-hybridized carbons (Fsp3) is 0.455. The summed E-state index contributed by atoms with van der Waals surface area (Å²) in [6.07, 6.45) is 1.11. The maximum Gasteiger partial charge on any atom is 0.178 e. The Bertz CT molecular complexity index is 488. The Morgan fingerprint density at radius 2 is 2.12 bits per heavy atom. The molecule has 0 spiro atoms. The van der Waals surface area contributed by atoms with E-state index in [-0.39, 0.29) is 21.7 Å². The average Bonchev–Trinajstić information content (AvgIpc) is 2.21. The molecule has 0 bridgehead atoms. The van der Waals surface area contributed by atoms with Crippen LogP contribution in [0.2, 0.25) is 5.02 Å². The summed E-state index contributed by atoms with van der Waals surface area (Å²) in [6, 6.07) is 3.39. The Balaban J connectivity index is 2.79. The summed E-state index contributed by atoms with van der Waals surface area (Å²) < 4.78 is 36.6. The van der Waals surface area contributed by atoms with E-state index >= 15 is 0 Å². The number of halogens is 2. The van der Waals surface area contributed by atoms with Gasteiger partial charge < -0.3 is 5.73 Å². The molecule has 2 N–H and O–H groups in total. The Morgan fingerprint density at radius 3 is 2.65 bits per heavy atom. The minimum Gasteiger partial charge on any atom is -0.328 e. The lowest BCUT2D eigenvalue weighted by molar-refractivity contribution is 0.584. The minimum absolute atomic E-state index is 0.00347. The van der Waals surface area contributed by atoms with Crippen molar-refractivity contribution in [2.24, 2.45) is 5.73 Å². The second-order valence-electron chi connectivity index (χ2n) is 4.01. The molecule has 0 heterocycles. The molecule has 0 aromatic heterocycles. The van der Waals surface area contributed by atoms with Gasteiger partial charge in [0.1, 0.15) is 5.82 Å². The van der Waals surface area contributed by atoms with Crippen LogP contribution in [0.5, 0.6) is 0 Å². The van der Waals surface area contributed by atoms with E-state index in [9.17, 15) is 12.8 Å². The maximum absolute atomic E-state index is 12.9. The van der Waals surface area contributed by atoms with Gasteiger partial charge in [0.15, 0.2) is 9.84 Å². The summed E-state index contributed by atoms with van der Waals surface area (Å²) in [4.78, 5) is 0.0496. The van der Waals surface area contributed by atoms with Crippen molar-refractivity contribution in [3.8, 4) is 0 Å². The molecule has 6 heteroatoms. The lowest BCUT2D eigenvalue weighted by Gasteiger charge is -2.07.